The second-order valence-electron chi connectivity index (χ2n) is 4.56. The largest absolute Gasteiger partial charge is 0.494 e. The molecule has 0 aliphatic carbocycles. The molecule has 0 saturated carbocycles. The number of rotatable bonds is 4. The van der Waals surface area contributed by atoms with Crippen LogP contribution >= 0.6 is 0 Å². The predicted octanol–water partition coefficient (Wildman–Crippen LogP) is 0.715. The first-order valence-electron chi connectivity index (χ1n) is 5.96. The molecule has 2 N–H and O–H groups in total. The van der Waals surface area contributed by atoms with Gasteiger partial charge in [-0.05, 0) is 18.2 Å². The Morgan fingerprint density at radius 2 is 2.42 bits per heavy atom. The molecule has 19 heavy (non-hydrogen) atoms. The molecule has 1 aliphatic heterocycles. The van der Waals surface area contributed by atoms with E-state index in [0.29, 0.717) is 13.0 Å². The van der Waals surface area contributed by atoms with E-state index in [4.69, 9.17) is 9.47 Å². The molecule has 1 unspecified atom stereocenters. The van der Waals surface area contributed by atoms with Gasteiger partial charge < -0.3 is 19.9 Å². The van der Waals surface area contributed by atoms with Gasteiger partial charge in [-0.25, -0.2) is 4.39 Å². The molecule has 1 atom stereocenters. The highest BCUT2D eigenvalue weighted by Gasteiger charge is 2.32. The van der Waals surface area contributed by atoms with Crippen molar-refractivity contribution in [3.63, 3.8) is 0 Å². The highest BCUT2D eigenvalue weighted by molar-refractivity contribution is 5.94. The number of nitrogens with one attached hydrogen (secondary N) is 1. The van der Waals surface area contributed by atoms with E-state index in [1.807, 2.05) is 0 Å². The first kappa shape index (κ1) is 13.8. The zero-order chi connectivity index (χ0) is 13.9. The van der Waals surface area contributed by atoms with Crippen LogP contribution in [0.15, 0.2) is 18.2 Å². The second-order valence-corrected chi connectivity index (χ2v) is 4.56. The number of hydrogen-bond donors (Lipinski definition) is 2. The lowest BCUT2D eigenvalue weighted by molar-refractivity contribution is 0.0264. The lowest BCUT2D eigenvalue weighted by Gasteiger charge is -2.20. The van der Waals surface area contributed by atoms with Gasteiger partial charge in [-0.2, -0.15) is 0 Å². The number of carbonyl (C=O) groups excluding carboxylic acids is 1. The summed E-state index contributed by atoms with van der Waals surface area (Å²) in [6.45, 7) is 0.794. The van der Waals surface area contributed by atoms with E-state index in [-0.39, 0.29) is 24.5 Å². The van der Waals surface area contributed by atoms with Crippen molar-refractivity contribution in [2.45, 2.75) is 12.0 Å². The quantitative estimate of drug-likeness (QED) is 0.845. The normalized spacial score (nSPS) is 22.3. The van der Waals surface area contributed by atoms with Gasteiger partial charge in [-0.15, -0.1) is 0 Å². The lowest BCUT2D eigenvalue weighted by atomic mass is 10.0. The summed E-state index contributed by atoms with van der Waals surface area (Å²) < 4.78 is 23.1. The maximum atomic E-state index is 13.2. The number of carbonyl (C=O) groups is 1. The molecule has 0 radical (unpaired) electrons. The molecule has 0 aromatic heterocycles. The fourth-order valence-electron chi connectivity index (χ4n) is 1.88. The summed E-state index contributed by atoms with van der Waals surface area (Å²) in [6.07, 6.45) is 0.486. The van der Waals surface area contributed by atoms with Crippen molar-refractivity contribution >= 4 is 5.91 Å². The molecular formula is C13H16FNO4. The van der Waals surface area contributed by atoms with Gasteiger partial charge in [0.25, 0.3) is 5.91 Å². The van der Waals surface area contributed by atoms with Crippen molar-refractivity contribution in [2.24, 2.45) is 0 Å². The van der Waals surface area contributed by atoms with Crippen molar-refractivity contribution in [1.82, 2.24) is 5.32 Å². The van der Waals surface area contributed by atoms with E-state index in [9.17, 15) is 14.3 Å². The highest BCUT2D eigenvalue weighted by Crippen LogP contribution is 2.19. The van der Waals surface area contributed by atoms with Crippen LogP contribution in [0.4, 0.5) is 4.39 Å². The van der Waals surface area contributed by atoms with Gasteiger partial charge in [-0.1, -0.05) is 0 Å². The number of ether oxygens (including phenoxy) is 2. The molecule has 5 nitrogen and oxygen atoms in total. The Balaban J connectivity index is 1.99. The number of amides is 1. The summed E-state index contributed by atoms with van der Waals surface area (Å²) in [5, 5.41) is 12.6. The van der Waals surface area contributed by atoms with Gasteiger partial charge in [0.1, 0.15) is 5.60 Å². The van der Waals surface area contributed by atoms with Crippen molar-refractivity contribution in [3.05, 3.63) is 29.6 Å². The lowest BCUT2D eigenvalue weighted by Crippen LogP contribution is -2.43. The molecule has 0 bridgehead atoms. The third kappa shape index (κ3) is 3.21. The molecule has 1 aromatic carbocycles. The van der Waals surface area contributed by atoms with Gasteiger partial charge in [0, 0.05) is 25.1 Å². The molecule has 1 aromatic rings. The van der Waals surface area contributed by atoms with Crippen molar-refractivity contribution in [2.75, 3.05) is 26.9 Å². The maximum Gasteiger partial charge on any atom is 0.251 e. The van der Waals surface area contributed by atoms with E-state index < -0.39 is 17.3 Å². The van der Waals surface area contributed by atoms with Crippen LogP contribution in [0.5, 0.6) is 5.75 Å². The number of aliphatic hydroxyl groups is 1. The first-order chi connectivity index (χ1) is 9.04. The van der Waals surface area contributed by atoms with Gasteiger partial charge in [0.05, 0.1) is 13.7 Å². The van der Waals surface area contributed by atoms with Gasteiger partial charge in [0.2, 0.25) is 0 Å². The van der Waals surface area contributed by atoms with Crippen LogP contribution in [0, 0.1) is 5.82 Å². The average Bonchev–Trinajstić information content (AvgIpc) is 2.84. The van der Waals surface area contributed by atoms with Gasteiger partial charge in [0.15, 0.2) is 11.6 Å². The minimum Gasteiger partial charge on any atom is -0.494 e. The van der Waals surface area contributed by atoms with Crippen LogP contribution in [0.1, 0.15) is 16.8 Å². The number of halogens is 1. The molecule has 1 amide bonds. The van der Waals surface area contributed by atoms with Crippen LogP contribution in [-0.2, 0) is 4.74 Å². The third-order valence-electron chi connectivity index (χ3n) is 3.07. The predicted molar refractivity (Wildman–Crippen MR) is 65.7 cm³/mol. The summed E-state index contributed by atoms with van der Waals surface area (Å²) in [5.41, 5.74) is -0.736. The van der Waals surface area contributed by atoms with Gasteiger partial charge in [-0.3, -0.25) is 4.79 Å². The average molecular weight is 269 g/mol. The van der Waals surface area contributed by atoms with Crippen LogP contribution in [0.3, 0.4) is 0 Å². The standard InChI is InChI=1S/C13H16FNO4/c1-18-11-6-9(2-3-10(11)14)12(16)15-7-13(17)4-5-19-8-13/h2-3,6,17H,4-5,7-8H2,1H3,(H,15,16). The van der Waals surface area contributed by atoms with Crippen molar-refractivity contribution in [1.29, 1.82) is 0 Å². The Bertz CT molecular complexity index is 472. The molecule has 1 heterocycles. The molecule has 1 saturated heterocycles. The van der Waals surface area contributed by atoms with Crippen molar-refractivity contribution in [3.8, 4) is 5.75 Å². The van der Waals surface area contributed by atoms with E-state index >= 15 is 0 Å². The minimum absolute atomic E-state index is 0.00978. The van der Waals surface area contributed by atoms with Crippen molar-refractivity contribution < 1.29 is 23.8 Å². The molecular weight excluding hydrogens is 253 g/mol. The van der Waals surface area contributed by atoms with Gasteiger partial charge >= 0.3 is 0 Å². The van der Waals surface area contributed by atoms with Crippen LogP contribution in [0.25, 0.3) is 0 Å². The Labute approximate surface area is 110 Å². The number of benzene rings is 1. The third-order valence-corrected chi connectivity index (χ3v) is 3.07. The summed E-state index contributed by atoms with van der Waals surface area (Å²) in [6, 6.07) is 3.85. The van der Waals surface area contributed by atoms with E-state index in [2.05, 4.69) is 5.32 Å². The monoisotopic (exact) mass is 269 g/mol. The zero-order valence-electron chi connectivity index (χ0n) is 10.6. The molecule has 0 spiro atoms. The van der Waals surface area contributed by atoms with Crippen LogP contribution in [-0.4, -0.2) is 43.5 Å². The fraction of sp³-hybridized carbons (Fsp3) is 0.462. The molecule has 6 heteroatoms. The summed E-state index contributed by atoms with van der Waals surface area (Å²) >= 11 is 0. The maximum absolute atomic E-state index is 13.2. The minimum atomic E-state index is -1.01. The first-order valence-corrected chi connectivity index (χ1v) is 5.96. The zero-order valence-corrected chi connectivity index (χ0v) is 10.6. The Hall–Kier alpha value is -1.66. The Kier molecular flexibility index (Phi) is 4.01. The topological polar surface area (TPSA) is 67.8 Å². The second kappa shape index (κ2) is 5.54. The number of hydrogen-bond acceptors (Lipinski definition) is 4. The molecule has 2 rings (SSSR count). The SMILES string of the molecule is COc1cc(C(=O)NCC2(O)CCOC2)ccc1F. The summed E-state index contributed by atoms with van der Waals surface area (Å²) in [5.74, 6) is -0.906. The summed E-state index contributed by atoms with van der Waals surface area (Å²) in [4.78, 5) is 11.9. The fourth-order valence-corrected chi connectivity index (χ4v) is 1.88. The van der Waals surface area contributed by atoms with Crippen LogP contribution < -0.4 is 10.1 Å². The summed E-state index contributed by atoms with van der Waals surface area (Å²) in [7, 11) is 1.33. The molecule has 1 fully saturated rings. The molecule has 1 aliphatic rings. The van der Waals surface area contributed by atoms with Crippen LogP contribution in [0.2, 0.25) is 0 Å². The van der Waals surface area contributed by atoms with E-state index in [0.717, 1.165) is 0 Å². The highest BCUT2D eigenvalue weighted by atomic mass is 19.1. The smallest absolute Gasteiger partial charge is 0.251 e. The molecule has 104 valence electrons. The van der Waals surface area contributed by atoms with E-state index in [1.54, 1.807) is 0 Å². The Morgan fingerprint density at radius 1 is 1.63 bits per heavy atom. The Morgan fingerprint density at radius 3 is 3.05 bits per heavy atom. The van der Waals surface area contributed by atoms with E-state index in [1.165, 1.54) is 25.3 Å². The number of methoxy groups -OCH3 is 1.